The molecule has 0 amide bonds. The summed E-state index contributed by atoms with van der Waals surface area (Å²) in [4.78, 5) is 0. The topological polar surface area (TPSA) is 38.1 Å². The molecule has 20 heavy (non-hydrogen) atoms. The van der Waals surface area contributed by atoms with Crippen LogP contribution in [0, 0.1) is 0 Å². The molecule has 1 aliphatic heterocycles. The predicted molar refractivity (Wildman–Crippen MR) is 81.0 cm³/mol. The lowest BCUT2D eigenvalue weighted by molar-refractivity contribution is 0.420. The van der Waals surface area contributed by atoms with Crippen molar-refractivity contribution in [1.29, 1.82) is 0 Å². The molecule has 0 saturated carbocycles. The maximum Gasteiger partial charge on any atom is 0.123 e. The van der Waals surface area contributed by atoms with Gasteiger partial charge in [-0.05, 0) is 29.3 Å². The third-order valence-corrected chi connectivity index (χ3v) is 3.03. The number of nitrogens with zero attached hydrogens (tertiary/aromatic N) is 1. The lowest BCUT2D eigenvalue weighted by atomic mass is 9.99. The highest BCUT2D eigenvalue weighted by atomic mass is 16.5. The van der Waals surface area contributed by atoms with Crippen molar-refractivity contribution in [2.24, 2.45) is 0 Å². The molecule has 2 heterocycles. The SMILES string of the molecule is C1=Cc2ccccc2-c2ccccc2N1.c1cnoc1. The minimum atomic E-state index is 1.17. The van der Waals surface area contributed by atoms with E-state index in [1.54, 1.807) is 12.3 Å². The number of aromatic nitrogens is 1. The molecule has 0 radical (unpaired) electrons. The average Bonchev–Trinajstić information content (AvgIpc) is 3.03. The van der Waals surface area contributed by atoms with E-state index in [9.17, 15) is 0 Å². The minimum absolute atomic E-state index is 1.17. The summed E-state index contributed by atoms with van der Waals surface area (Å²) in [5.74, 6) is 0. The number of anilines is 1. The molecule has 0 fully saturated rings. The molecular formula is C17H14N2O. The van der Waals surface area contributed by atoms with Crippen LogP contribution in [0.1, 0.15) is 5.56 Å². The molecule has 4 rings (SSSR count). The Morgan fingerprint density at radius 3 is 2.40 bits per heavy atom. The van der Waals surface area contributed by atoms with E-state index in [1.807, 2.05) is 12.3 Å². The first-order valence-electron chi connectivity index (χ1n) is 6.41. The molecule has 1 aromatic heterocycles. The maximum absolute atomic E-state index is 4.33. The number of hydrogen-bond donors (Lipinski definition) is 1. The van der Waals surface area contributed by atoms with Crippen LogP contribution in [0.15, 0.2) is 77.8 Å². The van der Waals surface area contributed by atoms with Gasteiger partial charge in [-0.2, -0.15) is 0 Å². The van der Waals surface area contributed by atoms with E-state index < -0.39 is 0 Å². The molecule has 0 spiro atoms. The van der Waals surface area contributed by atoms with Gasteiger partial charge in [0.05, 0.1) is 6.20 Å². The molecule has 0 bridgehead atoms. The van der Waals surface area contributed by atoms with Gasteiger partial charge in [0.25, 0.3) is 0 Å². The third-order valence-electron chi connectivity index (χ3n) is 3.03. The second-order valence-corrected chi connectivity index (χ2v) is 4.30. The van der Waals surface area contributed by atoms with E-state index in [2.05, 4.69) is 63.5 Å². The Hall–Kier alpha value is -2.81. The van der Waals surface area contributed by atoms with Gasteiger partial charge < -0.3 is 9.84 Å². The zero-order chi connectivity index (χ0) is 13.6. The third kappa shape index (κ3) is 2.62. The monoisotopic (exact) mass is 262 g/mol. The van der Waals surface area contributed by atoms with Crippen LogP contribution in [0.2, 0.25) is 0 Å². The summed E-state index contributed by atoms with van der Waals surface area (Å²) in [6.07, 6.45) is 7.19. The van der Waals surface area contributed by atoms with E-state index in [4.69, 9.17) is 0 Å². The second kappa shape index (κ2) is 5.89. The largest absolute Gasteiger partial charge is 0.365 e. The van der Waals surface area contributed by atoms with Crippen LogP contribution in [0.25, 0.3) is 17.2 Å². The maximum atomic E-state index is 4.33. The number of hydrogen-bond acceptors (Lipinski definition) is 3. The molecule has 2 aromatic carbocycles. The minimum Gasteiger partial charge on any atom is -0.365 e. The fraction of sp³-hybridized carbons (Fsp3) is 0. The van der Waals surface area contributed by atoms with Crippen molar-refractivity contribution in [2.45, 2.75) is 0 Å². The summed E-state index contributed by atoms with van der Waals surface area (Å²) < 4.78 is 4.33. The van der Waals surface area contributed by atoms with Gasteiger partial charge in [0, 0.05) is 17.5 Å². The van der Waals surface area contributed by atoms with Gasteiger partial charge in [0.15, 0.2) is 0 Å². The average molecular weight is 262 g/mol. The lowest BCUT2D eigenvalue weighted by Crippen LogP contribution is -1.87. The molecule has 0 unspecified atom stereocenters. The van der Waals surface area contributed by atoms with Gasteiger partial charge in [-0.3, -0.25) is 0 Å². The standard InChI is InChI=1S/C14H11N.C3H3NO/c1-2-6-12-11(5-1)9-10-15-14-8-4-3-7-13(12)14;1-2-4-5-3-1/h1-10,15H;1-3H. The summed E-state index contributed by atoms with van der Waals surface area (Å²) in [5, 5.41) is 6.64. The van der Waals surface area contributed by atoms with Crippen LogP contribution in [0.5, 0.6) is 0 Å². The van der Waals surface area contributed by atoms with Gasteiger partial charge in [-0.1, -0.05) is 47.6 Å². The molecular weight excluding hydrogens is 248 g/mol. The van der Waals surface area contributed by atoms with Crippen LogP contribution >= 0.6 is 0 Å². The van der Waals surface area contributed by atoms with Crippen LogP contribution in [0.3, 0.4) is 0 Å². The Bertz CT molecular complexity index is 685. The van der Waals surface area contributed by atoms with Gasteiger partial charge in [0.1, 0.15) is 6.26 Å². The summed E-state index contributed by atoms with van der Waals surface area (Å²) in [6.45, 7) is 0. The van der Waals surface area contributed by atoms with Crippen molar-refractivity contribution in [3.05, 3.63) is 78.8 Å². The summed E-state index contributed by atoms with van der Waals surface area (Å²) in [5.41, 5.74) is 4.97. The highest BCUT2D eigenvalue weighted by Gasteiger charge is 2.08. The first-order valence-corrected chi connectivity index (χ1v) is 6.41. The molecule has 0 saturated heterocycles. The van der Waals surface area contributed by atoms with E-state index in [0.717, 1.165) is 0 Å². The van der Waals surface area contributed by atoms with Gasteiger partial charge >= 0.3 is 0 Å². The Morgan fingerprint density at radius 2 is 1.65 bits per heavy atom. The smallest absolute Gasteiger partial charge is 0.123 e. The fourth-order valence-corrected chi connectivity index (χ4v) is 2.13. The highest BCUT2D eigenvalue weighted by molar-refractivity contribution is 5.86. The van der Waals surface area contributed by atoms with Crippen molar-refractivity contribution in [3.63, 3.8) is 0 Å². The predicted octanol–water partition coefficient (Wildman–Crippen LogP) is 4.42. The first kappa shape index (κ1) is 12.2. The van der Waals surface area contributed by atoms with Crippen molar-refractivity contribution in [2.75, 3.05) is 5.32 Å². The zero-order valence-electron chi connectivity index (χ0n) is 10.9. The first-order chi connectivity index (χ1) is 9.95. The van der Waals surface area contributed by atoms with Crippen molar-refractivity contribution < 1.29 is 4.52 Å². The van der Waals surface area contributed by atoms with E-state index in [0.29, 0.717) is 0 Å². The quantitative estimate of drug-likeness (QED) is 0.651. The molecule has 0 atom stereocenters. The summed E-state index contributed by atoms with van der Waals surface area (Å²) in [6, 6.07) is 18.5. The van der Waals surface area contributed by atoms with Gasteiger partial charge in [-0.25, -0.2) is 0 Å². The summed E-state index contributed by atoms with van der Waals surface area (Å²) >= 11 is 0. The number of fused-ring (bicyclic) bond motifs is 3. The molecule has 0 aliphatic carbocycles. The fourth-order valence-electron chi connectivity index (χ4n) is 2.13. The normalized spacial score (nSPS) is 11.2. The number of benzene rings is 2. The molecule has 1 N–H and O–H groups in total. The highest BCUT2D eigenvalue weighted by Crippen LogP contribution is 2.33. The Balaban J connectivity index is 0.000000205. The number of nitrogens with one attached hydrogen (secondary N) is 1. The van der Waals surface area contributed by atoms with Crippen LogP contribution < -0.4 is 5.32 Å². The zero-order valence-corrected chi connectivity index (χ0v) is 10.9. The van der Waals surface area contributed by atoms with E-state index in [-0.39, 0.29) is 0 Å². The summed E-state index contributed by atoms with van der Waals surface area (Å²) in [7, 11) is 0. The van der Waals surface area contributed by atoms with Gasteiger partial charge in [-0.15, -0.1) is 0 Å². The molecule has 3 aromatic rings. The van der Waals surface area contributed by atoms with Crippen LogP contribution in [-0.2, 0) is 0 Å². The lowest BCUT2D eigenvalue weighted by Gasteiger charge is -2.08. The molecule has 1 aliphatic rings. The molecule has 3 heteroatoms. The van der Waals surface area contributed by atoms with Crippen molar-refractivity contribution in [1.82, 2.24) is 5.16 Å². The Labute approximate surface area is 117 Å². The Morgan fingerprint density at radius 1 is 0.850 bits per heavy atom. The van der Waals surface area contributed by atoms with Gasteiger partial charge in [0.2, 0.25) is 0 Å². The van der Waals surface area contributed by atoms with Crippen LogP contribution in [-0.4, -0.2) is 5.16 Å². The van der Waals surface area contributed by atoms with E-state index >= 15 is 0 Å². The van der Waals surface area contributed by atoms with Crippen LogP contribution in [0.4, 0.5) is 5.69 Å². The van der Waals surface area contributed by atoms with E-state index in [1.165, 1.54) is 28.6 Å². The molecule has 98 valence electrons. The van der Waals surface area contributed by atoms with Crippen molar-refractivity contribution >= 4 is 11.8 Å². The number of rotatable bonds is 0. The second-order valence-electron chi connectivity index (χ2n) is 4.30. The van der Waals surface area contributed by atoms with Crippen molar-refractivity contribution in [3.8, 4) is 11.1 Å². The molecule has 3 nitrogen and oxygen atoms in total. The number of para-hydroxylation sites is 1. The Kier molecular flexibility index (Phi) is 3.60.